The number of nitrogens with zero attached hydrogens (tertiary/aromatic N) is 3. The summed E-state index contributed by atoms with van der Waals surface area (Å²) in [7, 11) is 0. The number of nitrogens with one attached hydrogen (secondary N) is 1. The highest BCUT2D eigenvalue weighted by atomic mass is 35.5. The van der Waals surface area contributed by atoms with Gasteiger partial charge in [-0.05, 0) is 55.7 Å². The molecular weight excluding hydrogens is 420 g/mol. The Morgan fingerprint density at radius 3 is 2.83 bits per heavy atom. The Bertz CT molecular complexity index is 1030. The van der Waals surface area contributed by atoms with Crippen LogP contribution in [-0.4, -0.2) is 39.4 Å². The quantitative estimate of drug-likeness (QED) is 0.588. The molecule has 30 heavy (non-hydrogen) atoms. The molecular formula is C22H23ClN4O2S. The number of benzene rings is 2. The summed E-state index contributed by atoms with van der Waals surface area (Å²) in [6.45, 7) is 3.52. The first-order valence-corrected chi connectivity index (χ1v) is 11.3. The number of halogens is 1. The van der Waals surface area contributed by atoms with Crippen LogP contribution in [-0.2, 0) is 10.5 Å². The third-order valence-electron chi connectivity index (χ3n) is 5.00. The minimum atomic E-state index is -0.282. The van der Waals surface area contributed by atoms with Gasteiger partial charge < -0.3 is 10.1 Å². The topological polar surface area (TPSA) is 69.0 Å². The van der Waals surface area contributed by atoms with Crippen LogP contribution in [0, 0.1) is 6.92 Å². The Balaban J connectivity index is 1.43. The number of ether oxygens (including phenoxy) is 1. The smallest absolute Gasteiger partial charge is 0.278 e. The first-order valence-electron chi connectivity index (χ1n) is 9.88. The van der Waals surface area contributed by atoms with Crippen molar-refractivity contribution in [3.63, 3.8) is 0 Å². The summed E-state index contributed by atoms with van der Waals surface area (Å²) in [6, 6.07) is 15.2. The SMILES string of the molecule is Cc1c(C(=O)Nc2cccc(CSC3CCOCC3)c2)nnn1-c1cccc(Cl)c1. The Hall–Kier alpha value is -2.35. The van der Waals surface area contributed by atoms with Crippen LogP contribution >= 0.6 is 23.4 Å². The van der Waals surface area contributed by atoms with E-state index >= 15 is 0 Å². The lowest BCUT2D eigenvalue weighted by molar-refractivity contribution is 0.0999. The molecule has 4 rings (SSSR count). The highest BCUT2D eigenvalue weighted by molar-refractivity contribution is 7.99. The second kappa shape index (κ2) is 9.64. The maximum Gasteiger partial charge on any atom is 0.278 e. The van der Waals surface area contributed by atoms with E-state index in [0.717, 1.165) is 43.2 Å². The van der Waals surface area contributed by atoms with E-state index in [-0.39, 0.29) is 11.6 Å². The van der Waals surface area contributed by atoms with Crippen molar-refractivity contribution in [1.82, 2.24) is 15.0 Å². The van der Waals surface area contributed by atoms with Crippen molar-refractivity contribution in [2.24, 2.45) is 0 Å². The summed E-state index contributed by atoms with van der Waals surface area (Å²) in [5.74, 6) is 0.633. The number of anilines is 1. The number of hydrogen-bond acceptors (Lipinski definition) is 5. The monoisotopic (exact) mass is 442 g/mol. The molecule has 3 aromatic rings. The molecule has 0 atom stereocenters. The van der Waals surface area contributed by atoms with Gasteiger partial charge in [-0.2, -0.15) is 11.8 Å². The molecule has 1 fully saturated rings. The van der Waals surface area contributed by atoms with Crippen LogP contribution in [0.3, 0.4) is 0 Å². The number of aromatic nitrogens is 3. The highest BCUT2D eigenvalue weighted by Gasteiger charge is 2.18. The van der Waals surface area contributed by atoms with Crippen molar-refractivity contribution in [1.29, 1.82) is 0 Å². The molecule has 1 aliphatic rings. The summed E-state index contributed by atoms with van der Waals surface area (Å²) in [5.41, 5.74) is 3.64. The molecule has 2 aromatic carbocycles. The lowest BCUT2D eigenvalue weighted by atomic mass is 10.2. The first kappa shape index (κ1) is 20.9. The molecule has 1 aliphatic heterocycles. The molecule has 0 aliphatic carbocycles. The van der Waals surface area contributed by atoms with Crippen LogP contribution in [0.25, 0.3) is 5.69 Å². The molecule has 2 heterocycles. The van der Waals surface area contributed by atoms with Gasteiger partial charge in [0.2, 0.25) is 0 Å². The molecule has 6 nitrogen and oxygen atoms in total. The molecule has 1 saturated heterocycles. The van der Waals surface area contributed by atoms with Gasteiger partial charge in [0.25, 0.3) is 5.91 Å². The third kappa shape index (κ3) is 5.03. The zero-order valence-electron chi connectivity index (χ0n) is 16.7. The van der Waals surface area contributed by atoms with Gasteiger partial charge in [-0.3, -0.25) is 4.79 Å². The summed E-state index contributed by atoms with van der Waals surface area (Å²) in [5, 5.41) is 12.4. The average molecular weight is 443 g/mol. The molecule has 0 unspecified atom stereocenters. The molecule has 156 valence electrons. The number of amides is 1. The number of thioether (sulfide) groups is 1. The lowest BCUT2D eigenvalue weighted by Crippen LogP contribution is -2.17. The van der Waals surface area contributed by atoms with E-state index in [9.17, 15) is 4.79 Å². The number of carbonyl (C=O) groups excluding carboxylic acids is 1. The van der Waals surface area contributed by atoms with Gasteiger partial charge >= 0.3 is 0 Å². The van der Waals surface area contributed by atoms with Gasteiger partial charge in [0.15, 0.2) is 5.69 Å². The van der Waals surface area contributed by atoms with Crippen molar-refractivity contribution in [2.45, 2.75) is 30.8 Å². The molecule has 1 N–H and O–H groups in total. The van der Waals surface area contributed by atoms with Gasteiger partial charge in [0, 0.05) is 34.9 Å². The molecule has 0 spiro atoms. The van der Waals surface area contributed by atoms with E-state index in [0.29, 0.717) is 16.0 Å². The fourth-order valence-electron chi connectivity index (χ4n) is 3.38. The largest absolute Gasteiger partial charge is 0.381 e. The Morgan fingerprint density at radius 2 is 2.03 bits per heavy atom. The van der Waals surface area contributed by atoms with Crippen LogP contribution in [0.1, 0.15) is 34.6 Å². The Kier molecular flexibility index (Phi) is 6.72. The predicted molar refractivity (Wildman–Crippen MR) is 121 cm³/mol. The van der Waals surface area contributed by atoms with Crippen molar-refractivity contribution >= 4 is 35.0 Å². The highest BCUT2D eigenvalue weighted by Crippen LogP contribution is 2.26. The number of rotatable bonds is 6. The molecule has 8 heteroatoms. The fraction of sp³-hybridized carbons (Fsp3) is 0.318. The van der Waals surface area contributed by atoms with Gasteiger partial charge in [0.05, 0.1) is 11.4 Å². The normalized spacial score (nSPS) is 14.6. The zero-order chi connectivity index (χ0) is 20.9. The summed E-state index contributed by atoms with van der Waals surface area (Å²) in [6.07, 6.45) is 2.20. The minimum absolute atomic E-state index is 0.282. The molecule has 1 amide bonds. The predicted octanol–water partition coefficient (Wildman–Crippen LogP) is 4.89. The van der Waals surface area contributed by atoms with Crippen molar-refractivity contribution in [3.05, 3.63) is 70.5 Å². The molecule has 0 radical (unpaired) electrons. The molecule has 0 bridgehead atoms. The summed E-state index contributed by atoms with van der Waals surface area (Å²) < 4.78 is 7.03. The van der Waals surface area contributed by atoms with Crippen LogP contribution in [0.15, 0.2) is 48.5 Å². The van der Waals surface area contributed by atoms with Crippen LogP contribution < -0.4 is 5.32 Å². The second-order valence-corrected chi connectivity index (χ2v) is 8.92. The zero-order valence-corrected chi connectivity index (χ0v) is 18.2. The molecule has 0 saturated carbocycles. The van der Waals surface area contributed by atoms with Gasteiger partial charge in [-0.1, -0.05) is 35.0 Å². The van der Waals surface area contributed by atoms with Crippen LogP contribution in [0.4, 0.5) is 5.69 Å². The maximum atomic E-state index is 12.8. The van der Waals surface area contributed by atoms with E-state index in [2.05, 4.69) is 21.7 Å². The van der Waals surface area contributed by atoms with Crippen LogP contribution in [0.5, 0.6) is 0 Å². The first-order chi connectivity index (χ1) is 14.6. The Labute approximate surface area is 185 Å². The van der Waals surface area contributed by atoms with Crippen LogP contribution in [0.2, 0.25) is 5.02 Å². The number of carbonyl (C=O) groups is 1. The average Bonchev–Trinajstić information content (AvgIpc) is 3.15. The van der Waals surface area contributed by atoms with Gasteiger partial charge in [-0.25, -0.2) is 4.68 Å². The Morgan fingerprint density at radius 1 is 1.23 bits per heavy atom. The fourth-order valence-corrected chi connectivity index (χ4v) is 4.70. The van der Waals surface area contributed by atoms with E-state index in [1.54, 1.807) is 16.8 Å². The van der Waals surface area contributed by atoms with Gasteiger partial charge in [-0.15, -0.1) is 5.10 Å². The second-order valence-electron chi connectivity index (χ2n) is 7.19. The lowest BCUT2D eigenvalue weighted by Gasteiger charge is -2.21. The summed E-state index contributed by atoms with van der Waals surface area (Å²) in [4.78, 5) is 12.8. The third-order valence-corrected chi connectivity index (χ3v) is 6.68. The number of hydrogen-bond donors (Lipinski definition) is 1. The van der Waals surface area contributed by atoms with Crippen molar-refractivity contribution in [2.75, 3.05) is 18.5 Å². The maximum absolute atomic E-state index is 12.8. The van der Waals surface area contributed by atoms with E-state index < -0.39 is 0 Å². The molecule has 1 aromatic heterocycles. The van der Waals surface area contributed by atoms with E-state index in [1.807, 2.05) is 49.0 Å². The van der Waals surface area contributed by atoms with Crippen molar-refractivity contribution in [3.8, 4) is 5.69 Å². The summed E-state index contributed by atoms with van der Waals surface area (Å²) >= 11 is 8.01. The van der Waals surface area contributed by atoms with Crippen molar-refractivity contribution < 1.29 is 9.53 Å². The van der Waals surface area contributed by atoms with E-state index in [4.69, 9.17) is 16.3 Å². The van der Waals surface area contributed by atoms with Gasteiger partial charge in [0.1, 0.15) is 0 Å². The van der Waals surface area contributed by atoms with E-state index in [1.165, 1.54) is 5.56 Å². The standard InChI is InChI=1S/C22H23ClN4O2S/c1-15-21(25-26-27(15)19-7-3-5-17(23)13-19)22(28)24-18-6-2-4-16(12-18)14-30-20-8-10-29-11-9-20/h2-7,12-13,20H,8-11,14H2,1H3,(H,24,28). The minimum Gasteiger partial charge on any atom is -0.381 e.